The van der Waals surface area contributed by atoms with Crippen molar-refractivity contribution in [1.29, 1.82) is 0 Å². The molecule has 0 heterocycles. The SMILES string of the molecule is CCCCC[C@H](O)C=C[C@@H]1[C@H]2CC(CN(C)CCC(=O)N(C)C)=C[C@H]2C[C@H]1O. The molecule has 0 aliphatic heterocycles. The maximum atomic E-state index is 11.8. The standard InChI is InChI=1S/C23H40N2O3/c1-5-6-7-8-19(26)9-10-20-21-14-17(13-18(21)15-22(20)27)16-25(4)12-11-23(28)24(2)3/h9-10,13,18-22,26-27H,5-8,11-12,14-16H2,1-4H3/t18-,19-,20+,21-,22+/m0/s1. The number of nitrogens with zero attached hydrogens (tertiary/aromatic N) is 2. The van der Waals surface area contributed by atoms with Gasteiger partial charge >= 0.3 is 0 Å². The first-order valence-electron chi connectivity index (χ1n) is 10.9. The molecule has 1 saturated carbocycles. The number of carbonyl (C=O) groups is 1. The van der Waals surface area contributed by atoms with E-state index in [1.165, 1.54) is 5.57 Å². The highest BCUT2D eigenvalue weighted by atomic mass is 16.3. The molecule has 0 radical (unpaired) electrons. The molecular formula is C23H40N2O3. The van der Waals surface area contributed by atoms with Crippen LogP contribution < -0.4 is 0 Å². The van der Waals surface area contributed by atoms with Gasteiger partial charge in [-0.2, -0.15) is 0 Å². The quantitative estimate of drug-likeness (QED) is 0.419. The number of unbranched alkanes of at least 4 members (excludes halogenated alkanes) is 2. The molecule has 1 fully saturated rings. The fraction of sp³-hybridized carbons (Fsp3) is 0.783. The van der Waals surface area contributed by atoms with Gasteiger partial charge in [-0.3, -0.25) is 4.79 Å². The number of hydrogen-bond acceptors (Lipinski definition) is 4. The smallest absolute Gasteiger partial charge is 0.223 e. The molecule has 0 aromatic carbocycles. The van der Waals surface area contributed by atoms with Crippen LogP contribution in [0, 0.1) is 17.8 Å². The van der Waals surface area contributed by atoms with Crippen LogP contribution in [0.2, 0.25) is 0 Å². The molecule has 2 aliphatic rings. The van der Waals surface area contributed by atoms with Crippen LogP contribution in [-0.2, 0) is 4.79 Å². The third-order valence-electron chi connectivity index (χ3n) is 6.29. The van der Waals surface area contributed by atoms with Crippen LogP contribution in [0.5, 0.6) is 0 Å². The molecule has 0 bridgehead atoms. The van der Waals surface area contributed by atoms with Crippen molar-refractivity contribution >= 4 is 5.91 Å². The van der Waals surface area contributed by atoms with Crippen LogP contribution >= 0.6 is 0 Å². The van der Waals surface area contributed by atoms with Gasteiger partial charge in [-0.1, -0.05) is 50.0 Å². The highest BCUT2D eigenvalue weighted by Gasteiger charge is 2.43. The monoisotopic (exact) mass is 392 g/mol. The van der Waals surface area contributed by atoms with Crippen molar-refractivity contribution in [1.82, 2.24) is 9.80 Å². The average Bonchev–Trinajstić information content (AvgIpc) is 3.14. The van der Waals surface area contributed by atoms with Crippen LogP contribution in [0.1, 0.15) is 51.9 Å². The summed E-state index contributed by atoms with van der Waals surface area (Å²) in [6, 6.07) is 0. The first-order chi connectivity index (χ1) is 13.3. The average molecular weight is 393 g/mol. The summed E-state index contributed by atoms with van der Waals surface area (Å²) in [6.07, 6.45) is 12.2. The summed E-state index contributed by atoms with van der Waals surface area (Å²) >= 11 is 0. The fourth-order valence-corrected chi connectivity index (χ4v) is 4.61. The lowest BCUT2D eigenvalue weighted by Gasteiger charge is -2.21. The van der Waals surface area contributed by atoms with E-state index in [0.717, 1.165) is 51.6 Å². The van der Waals surface area contributed by atoms with Crippen molar-refractivity contribution in [2.45, 2.75) is 64.1 Å². The van der Waals surface area contributed by atoms with Gasteiger partial charge in [-0.15, -0.1) is 0 Å². The Morgan fingerprint density at radius 3 is 2.75 bits per heavy atom. The Kier molecular flexibility index (Phi) is 9.19. The third kappa shape index (κ3) is 6.71. The number of carbonyl (C=O) groups excluding carboxylic acids is 1. The minimum atomic E-state index is -0.396. The number of aliphatic hydroxyl groups excluding tert-OH is 2. The van der Waals surface area contributed by atoms with Crippen molar-refractivity contribution in [2.24, 2.45) is 17.8 Å². The minimum Gasteiger partial charge on any atom is -0.392 e. The molecule has 2 N–H and O–H groups in total. The van der Waals surface area contributed by atoms with Crippen molar-refractivity contribution in [3.05, 3.63) is 23.8 Å². The molecule has 160 valence electrons. The van der Waals surface area contributed by atoms with Crippen molar-refractivity contribution in [2.75, 3.05) is 34.2 Å². The number of hydrogen-bond donors (Lipinski definition) is 2. The third-order valence-corrected chi connectivity index (χ3v) is 6.29. The summed E-state index contributed by atoms with van der Waals surface area (Å²) < 4.78 is 0. The summed E-state index contributed by atoms with van der Waals surface area (Å²) in [6.45, 7) is 3.82. The highest BCUT2D eigenvalue weighted by molar-refractivity contribution is 5.75. The zero-order valence-electron chi connectivity index (χ0n) is 18.2. The predicted molar refractivity (Wildman–Crippen MR) is 114 cm³/mol. The maximum absolute atomic E-state index is 11.8. The van der Waals surface area contributed by atoms with Gasteiger partial charge in [0.2, 0.25) is 5.91 Å². The van der Waals surface area contributed by atoms with Crippen LogP contribution in [-0.4, -0.2) is 72.4 Å². The summed E-state index contributed by atoms with van der Waals surface area (Å²) in [5.74, 6) is 1.18. The Morgan fingerprint density at radius 2 is 2.07 bits per heavy atom. The molecule has 2 rings (SSSR count). The Labute approximate surface area is 171 Å². The van der Waals surface area contributed by atoms with E-state index in [0.29, 0.717) is 18.3 Å². The predicted octanol–water partition coefficient (Wildman–Crippen LogP) is 2.84. The second kappa shape index (κ2) is 11.1. The second-order valence-corrected chi connectivity index (χ2v) is 8.96. The molecule has 0 unspecified atom stereocenters. The van der Waals surface area contributed by atoms with E-state index in [9.17, 15) is 15.0 Å². The zero-order valence-corrected chi connectivity index (χ0v) is 18.2. The van der Waals surface area contributed by atoms with Gasteiger partial charge in [-0.05, 0) is 38.1 Å². The van der Waals surface area contributed by atoms with Gasteiger partial charge in [0.1, 0.15) is 0 Å². The number of fused-ring (bicyclic) bond motifs is 1. The van der Waals surface area contributed by atoms with Crippen LogP contribution in [0.25, 0.3) is 0 Å². The lowest BCUT2D eigenvalue weighted by molar-refractivity contribution is -0.128. The first kappa shape index (κ1) is 23.1. The van der Waals surface area contributed by atoms with E-state index in [4.69, 9.17) is 0 Å². The van der Waals surface area contributed by atoms with E-state index in [1.54, 1.807) is 19.0 Å². The van der Waals surface area contributed by atoms with Crippen molar-refractivity contribution < 1.29 is 15.0 Å². The Hall–Kier alpha value is -1.17. The molecule has 5 atom stereocenters. The Bertz CT molecular complexity index is 558. The molecule has 5 heteroatoms. The number of aliphatic hydroxyl groups is 2. The molecule has 0 saturated heterocycles. The minimum absolute atomic E-state index is 0.139. The largest absolute Gasteiger partial charge is 0.392 e. The van der Waals surface area contributed by atoms with Crippen LogP contribution in [0.4, 0.5) is 0 Å². The van der Waals surface area contributed by atoms with Gasteiger partial charge in [0.25, 0.3) is 0 Å². The van der Waals surface area contributed by atoms with Crippen LogP contribution in [0.3, 0.4) is 0 Å². The Morgan fingerprint density at radius 1 is 1.32 bits per heavy atom. The highest BCUT2D eigenvalue weighted by Crippen LogP contribution is 2.47. The van der Waals surface area contributed by atoms with Gasteiger partial charge < -0.3 is 20.0 Å². The molecule has 0 aromatic heterocycles. The lowest BCUT2D eigenvalue weighted by atomic mass is 9.89. The van der Waals surface area contributed by atoms with Crippen molar-refractivity contribution in [3.63, 3.8) is 0 Å². The molecule has 0 spiro atoms. The number of allylic oxidation sites excluding steroid dienone is 1. The summed E-state index contributed by atoms with van der Waals surface area (Å²) in [7, 11) is 5.66. The molecule has 28 heavy (non-hydrogen) atoms. The Balaban J connectivity index is 1.82. The van der Waals surface area contributed by atoms with E-state index < -0.39 is 6.10 Å². The second-order valence-electron chi connectivity index (χ2n) is 8.96. The normalized spacial score (nSPS) is 28.0. The molecule has 1 amide bonds. The van der Waals surface area contributed by atoms with Gasteiger partial charge in [-0.25, -0.2) is 0 Å². The molecule has 0 aromatic rings. The van der Waals surface area contributed by atoms with E-state index in [-0.39, 0.29) is 17.9 Å². The topological polar surface area (TPSA) is 64.0 Å². The van der Waals surface area contributed by atoms with Gasteiger partial charge in [0.05, 0.1) is 12.2 Å². The molecule has 5 nitrogen and oxygen atoms in total. The zero-order chi connectivity index (χ0) is 20.7. The maximum Gasteiger partial charge on any atom is 0.223 e. The van der Waals surface area contributed by atoms with Crippen LogP contribution in [0.15, 0.2) is 23.8 Å². The van der Waals surface area contributed by atoms with E-state index in [2.05, 4.69) is 31.0 Å². The van der Waals surface area contributed by atoms with Crippen molar-refractivity contribution in [3.8, 4) is 0 Å². The fourth-order valence-electron chi connectivity index (χ4n) is 4.61. The van der Waals surface area contributed by atoms with Gasteiger partial charge in [0.15, 0.2) is 0 Å². The lowest BCUT2D eigenvalue weighted by Crippen LogP contribution is -2.29. The summed E-state index contributed by atoms with van der Waals surface area (Å²) in [5, 5.41) is 20.6. The van der Waals surface area contributed by atoms with Gasteiger partial charge in [0, 0.05) is 39.5 Å². The number of rotatable bonds is 11. The number of likely N-dealkylation sites (N-methyl/N-ethyl adjacent to an activating group) is 1. The first-order valence-corrected chi connectivity index (χ1v) is 10.9. The number of amides is 1. The van der Waals surface area contributed by atoms with E-state index >= 15 is 0 Å². The van der Waals surface area contributed by atoms with E-state index in [1.807, 2.05) is 6.08 Å². The molecule has 2 aliphatic carbocycles. The summed E-state index contributed by atoms with van der Waals surface area (Å²) in [4.78, 5) is 15.6. The molecular weight excluding hydrogens is 352 g/mol. The summed E-state index contributed by atoms with van der Waals surface area (Å²) in [5.41, 5.74) is 1.42.